The van der Waals surface area contributed by atoms with E-state index in [0.717, 1.165) is 36.6 Å². The zero-order valence-electron chi connectivity index (χ0n) is 14.5. The van der Waals surface area contributed by atoms with Gasteiger partial charge in [0.15, 0.2) is 0 Å². The Morgan fingerprint density at radius 2 is 2.08 bits per heavy atom. The predicted molar refractivity (Wildman–Crippen MR) is 91.6 cm³/mol. The molecule has 128 valence electrons. The summed E-state index contributed by atoms with van der Waals surface area (Å²) in [4.78, 5) is 16.1. The summed E-state index contributed by atoms with van der Waals surface area (Å²) < 4.78 is 7.37. The van der Waals surface area contributed by atoms with E-state index in [1.165, 1.54) is 0 Å². The fraction of sp³-hybridized carbons (Fsp3) is 0.444. The summed E-state index contributed by atoms with van der Waals surface area (Å²) in [6.45, 7) is 4.62. The number of carbonyl (C=O) groups excluding carboxylic acids is 1. The predicted octanol–water partition coefficient (Wildman–Crippen LogP) is 1.83. The Balaban J connectivity index is 1.89. The molecule has 0 N–H and O–H groups in total. The minimum Gasteiger partial charge on any atom is -0.496 e. The number of aryl methyl sites for hydroxylation is 1. The third kappa shape index (κ3) is 3.43. The van der Waals surface area contributed by atoms with Gasteiger partial charge in [0.2, 0.25) is 5.91 Å². The van der Waals surface area contributed by atoms with E-state index >= 15 is 0 Å². The highest BCUT2D eigenvalue weighted by Gasteiger charge is 2.31. The van der Waals surface area contributed by atoms with Crippen molar-refractivity contribution >= 4 is 5.91 Å². The summed E-state index contributed by atoms with van der Waals surface area (Å²) in [6.07, 6.45) is 1.96. The monoisotopic (exact) mass is 328 g/mol. The van der Waals surface area contributed by atoms with Crippen LogP contribution in [-0.2, 0) is 18.4 Å². The number of hydrogen-bond acceptors (Lipinski definition) is 4. The maximum Gasteiger partial charge on any atom is 0.219 e. The van der Waals surface area contributed by atoms with Crippen molar-refractivity contribution in [2.75, 3.05) is 26.7 Å². The van der Waals surface area contributed by atoms with Gasteiger partial charge in [0.25, 0.3) is 0 Å². The second-order valence-corrected chi connectivity index (χ2v) is 6.17. The van der Waals surface area contributed by atoms with E-state index in [9.17, 15) is 4.79 Å². The maximum atomic E-state index is 11.9. The van der Waals surface area contributed by atoms with Crippen molar-refractivity contribution in [2.24, 2.45) is 7.05 Å². The highest BCUT2D eigenvalue weighted by molar-refractivity contribution is 5.73. The first-order chi connectivity index (χ1) is 11.6. The van der Waals surface area contributed by atoms with Crippen LogP contribution in [0.2, 0.25) is 0 Å². The molecule has 2 aromatic rings. The Morgan fingerprint density at radius 3 is 2.75 bits per heavy atom. The molecule has 0 radical (unpaired) electrons. The molecule has 0 aliphatic carbocycles. The van der Waals surface area contributed by atoms with Gasteiger partial charge in [-0.1, -0.05) is 18.2 Å². The largest absolute Gasteiger partial charge is 0.496 e. The van der Waals surface area contributed by atoms with Gasteiger partial charge < -0.3 is 9.64 Å². The van der Waals surface area contributed by atoms with Gasteiger partial charge in [0, 0.05) is 51.9 Å². The van der Waals surface area contributed by atoms with Crippen molar-refractivity contribution < 1.29 is 9.53 Å². The van der Waals surface area contributed by atoms with E-state index < -0.39 is 0 Å². The lowest BCUT2D eigenvalue weighted by Gasteiger charge is -2.41. The number of rotatable bonds is 4. The molecule has 1 aromatic heterocycles. The molecule has 0 spiro atoms. The summed E-state index contributed by atoms with van der Waals surface area (Å²) in [5.74, 6) is 0.978. The summed E-state index contributed by atoms with van der Waals surface area (Å²) in [5.41, 5.74) is 2.15. The smallest absolute Gasteiger partial charge is 0.219 e. The van der Waals surface area contributed by atoms with E-state index in [-0.39, 0.29) is 11.9 Å². The number of para-hydroxylation sites is 1. The third-order valence-corrected chi connectivity index (χ3v) is 4.57. The number of carbonyl (C=O) groups is 1. The Bertz CT molecular complexity index is 713. The van der Waals surface area contributed by atoms with Crippen LogP contribution in [0.25, 0.3) is 0 Å². The number of nitrogens with zero attached hydrogens (tertiary/aromatic N) is 4. The van der Waals surface area contributed by atoms with Crippen LogP contribution >= 0.6 is 0 Å². The summed E-state index contributed by atoms with van der Waals surface area (Å²) >= 11 is 0. The molecule has 1 amide bonds. The minimum absolute atomic E-state index is 0.0980. The molecule has 3 rings (SSSR count). The topological polar surface area (TPSA) is 50.6 Å². The molecule has 1 aliphatic rings. The van der Waals surface area contributed by atoms with Gasteiger partial charge in [-0.15, -0.1) is 0 Å². The zero-order valence-corrected chi connectivity index (χ0v) is 14.5. The van der Waals surface area contributed by atoms with Crippen LogP contribution < -0.4 is 4.74 Å². The van der Waals surface area contributed by atoms with Gasteiger partial charge in [-0.25, -0.2) is 0 Å². The van der Waals surface area contributed by atoms with Crippen LogP contribution in [0.1, 0.15) is 24.2 Å². The number of methoxy groups -OCH3 is 1. The molecule has 0 bridgehead atoms. The van der Waals surface area contributed by atoms with Gasteiger partial charge in [0.05, 0.1) is 18.8 Å². The second-order valence-electron chi connectivity index (χ2n) is 6.17. The molecule has 1 aromatic carbocycles. The van der Waals surface area contributed by atoms with Crippen molar-refractivity contribution in [1.82, 2.24) is 19.6 Å². The van der Waals surface area contributed by atoms with E-state index in [4.69, 9.17) is 4.74 Å². The van der Waals surface area contributed by atoms with E-state index in [0.29, 0.717) is 6.54 Å². The number of amides is 1. The number of benzene rings is 1. The highest BCUT2D eigenvalue weighted by Crippen LogP contribution is 2.33. The van der Waals surface area contributed by atoms with Crippen molar-refractivity contribution in [1.29, 1.82) is 0 Å². The number of ether oxygens (including phenoxy) is 1. The van der Waals surface area contributed by atoms with Gasteiger partial charge in [-0.2, -0.15) is 5.10 Å². The molecule has 1 fully saturated rings. The first-order valence-electron chi connectivity index (χ1n) is 8.19. The molecule has 2 heterocycles. The van der Waals surface area contributed by atoms with E-state index in [2.05, 4.69) is 16.1 Å². The van der Waals surface area contributed by atoms with Crippen LogP contribution in [0.4, 0.5) is 0 Å². The first kappa shape index (κ1) is 16.5. The van der Waals surface area contributed by atoms with E-state index in [1.807, 2.05) is 47.1 Å². The SMILES string of the molecule is COc1ccccc1[C@@H]1CN(C(C)=O)CCN1Cc1ccn(C)n1. The molecule has 0 unspecified atom stereocenters. The second kappa shape index (κ2) is 7.05. The van der Waals surface area contributed by atoms with Gasteiger partial charge in [0.1, 0.15) is 5.75 Å². The molecule has 0 saturated carbocycles. The molecule has 1 atom stereocenters. The number of piperazine rings is 1. The number of hydrogen-bond donors (Lipinski definition) is 0. The van der Waals surface area contributed by atoms with Crippen LogP contribution in [-0.4, -0.2) is 52.2 Å². The van der Waals surface area contributed by atoms with Crippen LogP contribution in [0.3, 0.4) is 0 Å². The van der Waals surface area contributed by atoms with Crippen LogP contribution in [0, 0.1) is 0 Å². The summed E-state index contributed by atoms with van der Waals surface area (Å²) in [5, 5.41) is 4.49. The Kier molecular flexibility index (Phi) is 4.85. The van der Waals surface area contributed by atoms with Crippen molar-refractivity contribution in [2.45, 2.75) is 19.5 Å². The third-order valence-electron chi connectivity index (χ3n) is 4.57. The summed E-state index contributed by atoms with van der Waals surface area (Å²) in [6, 6.07) is 10.2. The lowest BCUT2D eigenvalue weighted by molar-refractivity contribution is -0.132. The normalized spacial score (nSPS) is 18.6. The standard InChI is InChI=1S/C18H24N4O2/c1-14(23)21-10-11-22(12-15-8-9-20(2)19-15)17(13-21)16-6-4-5-7-18(16)24-3/h4-9,17H,10-13H2,1-3H3/t17-/m0/s1. The average molecular weight is 328 g/mol. The lowest BCUT2D eigenvalue weighted by atomic mass is 10.0. The summed E-state index contributed by atoms with van der Waals surface area (Å²) in [7, 11) is 3.61. The van der Waals surface area contributed by atoms with Gasteiger partial charge in [-0.3, -0.25) is 14.4 Å². The van der Waals surface area contributed by atoms with Crippen molar-refractivity contribution in [3.63, 3.8) is 0 Å². The van der Waals surface area contributed by atoms with Crippen LogP contribution in [0.15, 0.2) is 36.5 Å². The molecular formula is C18H24N4O2. The molecule has 6 heteroatoms. The first-order valence-corrected chi connectivity index (χ1v) is 8.19. The molecular weight excluding hydrogens is 304 g/mol. The van der Waals surface area contributed by atoms with Gasteiger partial charge >= 0.3 is 0 Å². The molecule has 24 heavy (non-hydrogen) atoms. The van der Waals surface area contributed by atoms with E-state index in [1.54, 1.807) is 14.0 Å². The molecule has 1 saturated heterocycles. The Hall–Kier alpha value is -2.34. The maximum absolute atomic E-state index is 11.9. The lowest BCUT2D eigenvalue weighted by Crippen LogP contribution is -2.49. The van der Waals surface area contributed by atoms with Crippen molar-refractivity contribution in [3.05, 3.63) is 47.8 Å². The quantitative estimate of drug-likeness (QED) is 0.859. The van der Waals surface area contributed by atoms with Crippen LogP contribution in [0.5, 0.6) is 5.75 Å². The average Bonchev–Trinajstić information content (AvgIpc) is 3.00. The minimum atomic E-state index is 0.0980. The Morgan fingerprint density at radius 1 is 1.29 bits per heavy atom. The fourth-order valence-corrected chi connectivity index (χ4v) is 3.29. The number of aromatic nitrogens is 2. The Labute approximate surface area is 142 Å². The highest BCUT2D eigenvalue weighted by atomic mass is 16.5. The molecule has 1 aliphatic heterocycles. The molecule has 6 nitrogen and oxygen atoms in total. The van der Waals surface area contributed by atoms with Crippen molar-refractivity contribution in [3.8, 4) is 5.75 Å². The van der Waals surface area contributed by atoms with Gasteiger partial charge in [-0.05, 0) is 12.1 Å². The zero-order chi connectivity index (χ0) is 17.1. The fourth-order valence-electron chi connectivity index (χ4n) is 3.29.